The Balaban J connectivity index is 2.10. The SMILES string of the molecule is CC(NC(=O)C1(C(=O)O)CC1)C(C)(C)c1ccccc1. The van der Waals surface area contributed by atoms with E-state index in [9.17, 15) is 9.59 Å². The van der Waals surface area contributed by atoms with Gasteiger partial charge in [-0.05, 0) is 25.3 Å². The van der Waals surface area contributed by atoms with Gasteiger partial charge in [0.05, 0.1) is 0 Å². The molecule has 0 radical (unpaired) electrons. The number of rotatable bonds is 5. The minimum Gasteiger partial charge on any atom is -0.480 e. The molecule has 4 nitrogen and oxygen atoms in total. The average Bonchev–Trinajstić information content (AvgIpc) is 3.21. The summed E-state index contributed by atoms with van der Waals surface area (Å²) >= 11 is 0. The summed E-state index contributed by atoms with van der Waals surface area (Å²) in [5.41, 5.74) is -0.319. The molecule has 1 unspecified atom stereocenters. The Bertz CT molecular complexity index is 518. The summed E-state index contributed by atoms with van der Waals surface area (Å²) in [5.74, 6) is -1.37. The van der Waals surface area contributed by atoms with Gasteiger partial charge in [-0.2, -0.15) is 0 Å². The van der Waals surface area contributed by atoms with Crippen molar-refractivity contribution in [3.8, 4) is 0 Å². The van der Waals surface area contributed by atoms with Gasteiger partial charge in [0.1, 0.15) is 5.41 Å². The van der Waals surface area contributed by atoms with Gasteiger partial charge < -0.3 is 10.4 Å². The molecule has 1 saturated carbocycles. The maximum Gasteiger partial charge on any atom is 0.319 e. The molecular weight excluding hydrogens is 254 g/mol. The fourth-order valence-electron chi connectivity index (χ4n) is 2.30. The lowest BCUT2D eigenvalue weighted by atomic mass is 9.78. The number of hydrogen-bond donors (Lipinski definition) is 2. The first-order valence-corrected chi connectivity index (χ1v) is 6.90. The topological polar surface area (TPSA) is 66.4 Å². The van der Waals surface area contributed by atoms with Crippen LogP contribution in [0, 0.1) is 5.41 Å². The van der Waals surface area contributed by atoms with Crippen molar-refractivity contribution in [1.29, 1.82) is 0 Å². The summed E-state index contributed by atoms with van der Waals surface area (Å²) in [6.45, 7) is 6.02. The molecule has 2 N–H and O–H groups in total. The molecule has 1 aliphatic carbocycles. The van der Waals surface area contributed by atoms with Crippen LogP contribution in [-0.4, -0.2) is 23.0 Å². The predicted molar refractivity (Wildman–Crippen MR) is 76.4 cm³/mol. The van der Waals surface area contributed by atoms with Gasteiger partial charge in [0.15, 0.2) is 0 Å². The van der Waals surface area contributed by atoms with Gasteiger partial charge in [0.25, 0.3) is 0 Å². The molecule has 1 amide bonds. The third-order valence-electron chi connectivity index (χ3n) is 4.54. The maximum absolute atomic E-state index is 12.2. The molecule has 1 aromatic rings. The Kier molecular flexibility index (Phi) is 3.59. The monoisotopic (exact) mass is 275 g/mol. The smallest absolute Gasteiger partial charge is 0.319 e. The first kappa shape index (κ1) is 14.6. The Morgan fingerprint density at radius 3 is 2.25 bits per heavy atom. The summed E-state index contributed by atoms with van der Waals surface area (Å²) < 4.78 is 0. The van der Waals surface area contributed by atoms with Crippen molar-refractivity contribution in [1.82, 2.24) is 5.32 Å². The van der Waals surface area contributed by atoms with Gasteiger partial charge in [-0.15, -0.1) is 0 Å². The molecule has 0 bridgehead atoms. The van der Waals surface area contributed by atoms with E-state index >= 15 is 0 Å². The Labute approximate surface area is 119 Å². The largest absolute Gasteiger partial charge is 0.480 e. The van der Waals surface area contributed by atoms with Crippen molar-refractivity contribution < 1.29 is 14.7 Å². The van der Waals surface area contributed by atoms with E-state index in [1.165, 1.54) is 0 Å². The molecule has 4 heteroatoms. The minimum absolute atomic E-state index is 0.144. The van der Waals surface area contributed by atoms with E-state index in [-0.39, 0.29) is 17.4 Å². The molecule has 1 aliphatic rings. The molecule has 1 atom stereocenters. The number of amides is 1. The van der Waals surface area contributed by atoms with Crippen LogP contribution in [0.4, 0.5) is 0 Å². The molecule has 20 heavy (non-hydrogen) atoms. The summed E-state index contributed by atoms with van der Waals surface area (Å²) in [6.07, 6.45) is 0.874. The number of benzene rings is 1. The van der Waals surface area contributed by atoms with Crippen LogP contribution in [-0.2, 0) is 15.0 Å². The molecule has 0 aromatic heterocycles. The van der Waals surface area contributed by atoms with Gasteiger partial charge in [0.2, 0.25) is 5.91 Å². The van der Waals surface area contributed by atoms with Crippen molar-refractivity contribution in [2.75, 3.05) is 0 Å². The summed E-state index contributed by atoms with van der Waals surface area (Å²) in [5, 5.41) is 12.0. The number of nitrogens with one attached hydrogen (secondary N) is 1. The first-order valence-electron chi connectivity index (χ1n) is 6.90. The standard InChI is InChI=1S/C16H21NO3/c1-11(15(2,3)12-7-5-4-6-8-12)17-13(18)16(9-10-16)14(19)20/h4-8,11H,9-10H2,1-3H3,(H,17,18)(H,19,20). The summed E-state index contributed by atoms with van der Waals surface area (Å²) in [6, 6.07) is 9.77. The van der Waals surface area contributed by atoms with E-state index in [1.807, 2.05) is 51.1 Å². The van der Waals surface area contributed by atoms with Crippen molar-refractivity contribution >= 4 is 11.9 Å². The molecule has 2 rings (SSSR count). The Morgan fingerprint density at radius 1 is 1.25 bits per heavy atom. The van der Waals surface area contributed by atoms with Crippen molar-refractivity contribution in [2.45, 2.75) is 45.1 Å². The second kappa shape index (κ2) is 4.93. The van der Waals surface area contributed by atoms with Gasteiger partial charge in [-0.25, -0.2) is 0 Å². The number of hydrogen-bond acceptors (Lipinski definition) is 2. The zero-order valence-electron chi connectivity index (χ0n) is 12.1. The van der Waals surface area contributed by atoms with Crippen LogP contribution in [0.25, 0.3) is 0 Å². The number of aliphatic carboxylic acids is 1. The number of carboxylic acids is 1. The fraction of sp³-hybridized carbons (Fsp3) is 0.500. The van der Waals surface area contributed by atoms with Crippen LogP contribution < -0.4 is 5.32 Å². The molecule has 108 valence electrons. The van der Waals surface area contributed by atoms with Crippen LogP contribution >= 0.6 is 0 Å². The third-order valence-corrected chi connectivity index (χ3v) is 4.54. The zero-order valence-corrected chi connectivity index (χ0v) is 12.1. The second-order valence-corrected chi connectivity index (χ2v) is 6.17. The molecule has 0 saturated heterocycles. The van der Waals surface area contributed by atoms with Crippen LogP contribution in [0.2, 0.25) is 0 Å². The lowest BCUT2D eigenvalue weighted by molar-refractivity contribution is -0.149. The highest BCUT2D eigenvalue weighted by Gasteiger charge is 2.57. The Morgan fingerprint density at radius 2 is 1.80 bits per heavy atom. The highest BCUT2D eigenvalue weighted by Crippen LogP contribution is 2.46. The molecule has 0 spiro atoms. The van der Waals surface area contributed by atoms with Gasteiger partial charge >= 0.3 is 5.97 Å². The number of carbonyl (C=O) groups is 2. The van der Waals surface area contributed by atoms with Crippen LogP contribution in [0.3, 0.4) is 0 Å². The minimum atomic E-state index is -1.18. The van der Waals surface area contributed by atoms with Gasteiger partial charge in [-0.3, -0.25) is 9.59 Å². The van der Waals surface area contributed by atoms with E-state index in [0.717, 1.165) is 5.56 Å². The van der Waals surface area contributed by atoms with E-state index in [4.69, 9.17) is 5.11 Å². The molecule has 1 aromatic carbocycles. The molecule has 1 fully saturated rings. The summed E-state index contributed by atoms with van der Waals surface area (Å²) in [7, 11) is 0. The van der Waals surface area contributed by atoms with Gasteiger partial charge in [0, 0.05) is 11.5 Å². The third kappa shape index (κ3) is 2.42. The lowest BCUT2D eigenvalue weighted by Gasteiger charge is -2.33. The van der Waals surface area contributed by atoms with Crippen molar-refractivity contribution in [3.63, 3.8) is 0 Å². The molecule has 0 heterocycles. The normalized spacial score (nSPS) is 18.1. The number of carbonyl (C=O) groups excluding carboxylic acids is 1. The fourth-order valence-corrected chi connectivity index (χ4v) is 2.30. The first-order chi connectivity index (χ1) is 9.30. The number of carboxylic acid groups (broad SMARTS) is 1. The van der Waals surface area contributed by atoms with Crippen LogP contribution in [0.1, 0.15) is 39.2 Å². The zero-order chi connectivity index (χ0) is 15.0. The van der Waals surface area contributed by atoms with E-state index in [2.05, 4.69) is 5.32 Å². The summed E-state index contributed by atoms with van der Waals surface area (Å²) in [4.78, 5) is 23.3. The predicted octanol–water partition coefficient (Wildman–Crippen LogP) is 2.33. The molecular formula is C16H21NO3. The van der Waals surface area contributed by atoms with Crippen LogP contribution in [0.5, 0.6) is 0 Å². The van der Waals surface area contributed by atoms with Crippen molar-refractivity contribution in [2.24, 2.45) is 5.41 Å². The average molecular weight is 275 g/mol. The van der Waals surface area contributed by atoms with E-state index < -0.39 is 11.4 Å². The molecule has 0 aliphatic heterocycles. The lowest BCUT2D eigenvalue weighted by Crippen LogP contribution is -2.49. The Hall–Kier alpha value is -1.84. The van der Waals surface area contributed by atoms with E-state index in [1.54, 1.807) is 0 Å². The van der Waals surface area contributed by atoms with Crippen molar-refractivity contribution in [3.05, 3.63) is 35.9 Å². The van der Waals surface area contributed by atoms with E-state index in [0.29, 0.717) is 12.8 Å². The highest BCUT2D eigenvalue weighted by atomic mass is 16.4. The second-order valence-electron chi connectivity index (χ2n) is 6.17. The highest BCUT2D eigenvalue weighted by molar-refractivity contribution is 6.04. The quantitative estimate of drug-likeness (QED) is 0.810. The van der Waals surface area contributed by atoms with Crippen LogP contribution in [0.15, 0.2) is 30.3 Å². The van der Waals surface area contributed by atoms with Gasteiger partial charge in [-0.1, -0.05) is 44.2 Å². The maximum atomic E-state index is 12.2.